The number of carbonyl (C=O) groups is 1. The number of hydrogen-bond donors (Lipinski definition) is 7. The fourth-order valence-corrected chi connectivity index (χ4v) is 3.66. The van der Waals surface area contributed by atoms with Crippen LogP contribution in [0.2, 0.25) is 0 Å². The van der Waals surface area contributed by atoms with E-state index in [9.17, 15) is 40.5 Å². The second-order valence-electron chi connectivity index (χ2n) is 6.72. The molecule has 0 aromatic carbocycles. The van der Waals surface area contributed by atoms with E-state index < -0.39 is 73.3 Å². The van der Waals surface area contributed by atoms with Crippen LogP contribution in [0.25, 0.3) is 0 Å². The van der Waals surface area contributed by atoms with Gasteiger partial charge in [0.05, 0.1) is 25.4 Å². The van der Waals surface area contributed by atoms with Crippen molar-refractivity contribution in [1.29, 1.82) is 0 Å². The van der Waals surface area contributed by atoms with Gasteiger partial charge in [0.15, 0.2) is 6.29 Å². The average Bonchev–Trinajstić information content (AvgIpc) is 2.99. The fourth-order valence-electron chi connectivity index (χ4n) is 3.66. The highest BCUT2D eigenvalue weighted by molar-refractivity contribution is 5.89. The minimum absolute atomic E-state index is 0.0937. The van der Waals surface area contributed by atoms with E-state index in [0.717, 1.165) is 6.26 Å². The number of aliphatic hydroxyl groups is 6. The summed E-state index contributed by atoms with van der Waals surface area (Å²) in [6.07, 6.45) is -6.87. The molecule has 1 fully saturated rings. The first-order valence-electron chi connectivity index (χ1n) is 8.32. The van der Waals surface area contributed by atoms with E-state index in [0.29, 0.717) is 0 Å². The zero-order valence-electron chi connectivity index (χ0n) is 14.1. The molecule has 2 heterocycles. The molecule has 0 bridgehead atoms. The summed E-state index contributed by atoms with van der Waals surface area (Å²) in [4.78, 5) is 11.4. The highest BCUT2D eigenvalue weighted by Crippen LogP contribution is 2.47. The third-order valence-corrected chi connectivity index (χ3v) is 5.18. The maximum Gasteiger partial charge on any atom is 0.337 e. The lowest BCUT2D eigenvalue weighted by atomic mass is 9.79. The molecule has 1 saturated heterocycles. The molecular formula is C16H22O11. The Morgan fingerprint density at radius 3 is 2.48 bits per heavy atom. The lowest BCUT2D eigenvalue weighted by molar-refractivity contribution is -0.343. The zero-order chi connectivity index (χ0) is 19.9. The molecular weight excluding hydrogens is 368 g/mol. The van der Waals surface area contributed by atoms with Crippen LogP contribution in [0, 0.1) is 5.92 Å². The highest BCUT2D eigenvalue weighted by Gasteiger charge is 2.56. The molecule has 152 valence electrons. The smallest absolute Gasteiger partial charge is 0.337 e. The van der Waals surface area contributed by atoms with Crippen molar-refractivity contribution in [3.8, 4) is 0 Å². The Morgan fingerprint density at radius 2 is 1.89 bits per heavy atom. The second-order valence-corrected chi connectivity index (χ2v) is 6.72. The van der Waals surface area contributed by atoms with E-state index in [2.05, 4.69) is 0 Å². The van der Waals surface area contributed by atoms with Gasteiger partial charge in [-0.2, -0.15) is 0 Å². The molecule has 0 saturated carbocycles. The van der Waals surface area contributed by atoms with Gasteiger partial charge < -0.3 is 50.0 Å². The molecule has 11 heteroatoms. The van der Waals surface area contributed by atoms with Crippen LogP contribution in [-0.4, -0.2) is 97.5 Å². The first-order valence-corrected chi connectivity index (χ1v) is 8.32. The average molecular weight is 390 g/mol. The number of aliphatic hydroxyl groups excluding tert-OH is 5. The first-order chi connectivity index (χ1) is 12.7. The van der Waals surface area contributed by atoms with Crippen molar-refractivity contribution < 1.29 is 54.8 Å². The second kappa shape index (κ2) is 7.45. The third-order valence-electron chi connectivity index (χ3n) is 5.18. The van der Waals surface area contributed by atoms with Crippen molar-refractivity contribution in [2.75, 3.05) is 13.2 Å². The van der Waals surface area contributed by atoms with Crippen molar-refractivity contribution in [1.82, 2.24) is 0 Å². The van der Waals surface area contributed by atoms with Crippen molar-refractivity contribution in [3.63, 3.8) is 0 Å². The van der Waals surface area contributed by atoms with Crippen LogP contribution in [0.1, 0.15) is 6.42 Å². The summed E-state index contributed by atoms with van der Waals surface area (Å²) in [6.45, 7) is -1.15. The Bertz CT molecular complexity index is 644. The Balaban J connectivity index is 1.86. The SMILES string of the molecule is O=C(O)C1=COC(OC2OC(CO)C(O)C(O)C2O)C2C(CO)=CCC12O. The zero-order valence-corrected chi connectivity index (χ0v) is 14.1. The summed E-state index contributed by atoms with van der Waals surface area (Å²) in [5.74, 6) is -2.51. The normalized spacial score (nSPS) is 44.1. The molecule has 0 radical (unpaired) electrons. The van der Waals surface area contributed by atoms with Crippen molar-refractivity contribution >= 4 is 5.97 Å². The van der Waals surface area contributed by atoms with E-state index in [1.54, 1.807) is 0 Å². The summed E-state index contributed by atoms with van der Waals surface area (Å²) in [5, 5.41) is 68.7. The predicted octanol–water partition coefficient (Wildman–Crippen LogP) is -3.20. The lowest BCUT2D eigenvalue weighted by Gasteiger charge is -2.44. The third kappa shape index (κ3) is 3.26. The molecule has 1 aliphatic carbocycles. The molecule has 2 aliphatic heterocycles. The number of fused-ring (bicyclic) bond motifs is 1. The number of hydrogen-bond acceptors (Lipinski definition) is 10. The summed E-state index contributed by atoms with van der Waals surface area (Å²) < 4.78 is 16.0. The summed E-state index contributed by atoms with van der Waals surface area (Å²) in [7, 11) is 0. The number of carboxylic acids is 1. The van der Waals surface area contributed by atoms with Crippen LogP contribution in [0.4, 0.5) is 0 Å². The van der Waals surface area contributed by atoms with Gasteiger partial charge in [-0.1, -0.05) is 6.08 Å². The van der Waals surface area contributed by atoms with E-state index >= 15 is 0 Å². The van der Waals surface area contributed by atoms with E-state index in [4.69, 9.17) is 14.2 Å². The summed E-state index contributed by atoms with van der Waals surface area (Å²) in [6, 6.07) is 0. The minimum Gasteiger partial charge on any atom is -0.478 e. The largest absolute Gasteiger partial charge is 0.478 e. The van der Waals surface area contributed by atoms with E-state index in [1.165, 1.54) is 6.08 Å². The molecule has 8 atom stereocenters. The standard InChI is InChI=1S/C16H22O11/c17-3-6-1-2-16(24)7(13(22)23)5-25-14(9(6)16)27-15-12(21)11(20)10(19)8(4-18)26-15/h1,5,8-12,14-15,17-21,24H,2-4H2,(H,22,23). The van der Waals surface area contributed by atoms with Gasteiger partial charge in [0.2, 0.25) is 6.29 Å². The first kappa shape index (κ1) is 20.2. The lowest BCUT2D eigenvalue weighted by Crippen LogP contribution is -2.61. The molecule has 8 unspecified atom stereocenters. The van der Waals surface area contributed by atoms with Gasteiger partial charge in [-0.15, -0.1) is 0 Å². The van der Waals surface area contributed by atoms with Gasteiger partial charge in [0, 0.05) is 0 Å². The molecule has 3 aliphatic rings. The Hall–Kier alpha value is -1.57. The molecule has 0 amide bonds. The summed E-state index contributed by atoms with van der Waals surface area (Å²) in [5.41, 5.74) is -2.04. The monoisotopic (exact) mass is 390 g/mol. The maximum atomic E-state index is 11.4. The Morgan fingerprint density at radius 1 is 1.19 bits per heavy atom. The van der Waals surface area contributed by atoms with Gasteiger partial charge in [0.1, 0.15) is 35.6 Å². The van der Waals surface area contributed by atoms with Crippen molar-refractivity contribution in [3.05, 3.63) is 23.5 Å². The molecule has 0 spiro atoms. The summed E-state index contributed by atoms with van der Waals surface area (Å²) >= 11 is 0. The molecule has 7 N–H and O–H groups in total. The predicted molar refractivity (Wildman–Crippen MR) is 83.7 cm³/mol. The van der Waals surface area contributed by atoms with Gasteiger partial charge in [-0.05, 0) is 12.0 Å². The van der Waals surface area contributed by atoms with E-state index in [-0.39, 0.29) is 12.0 Å². The van der Waals surface area contributed by atoms with Crippen LogP contribution in [0.5, 0.6) is 0 Å². The molecule has 0 aromatic heterocycles. The topological polar surface area (TPSA) is 186 Å². The van der Waals surface area contributed by atoms with Crippen molar-refractivity contribution in [2.45, 2.75) is 49.0 Å². The molecule has 11 nitrogen and oxygen atoms in total. The van der Waals surface area contributed by atoms with Gasteiger partial charge in [-0.3, -0.25) is 0 Å². The Kier molecular flexibility index (Phi) is 5.57. The maximum absolute atomic E-state index is 11.4. The Labute approximate surface area is 153 Å². The number of aliphatic carboxylic acids is 1. The highest BCUT2D eigenvalue weighted by atomic mass is 16.8. The van der Waals surface area contributed by atoms with Crippen molar-refractivity contribution in [2.24, 2.45) is 5.92 Å². The van der Waals surface area contributed by atoms with Gasteiger partial charge in [0.25, 0.3) is 0 Å². The number of ether oxygens (including phenoxy) is 3. The van der Waals surface area contributed by atoms with Crippen LogP contribution in [-0.2, 0) is 19.0 Å². The van der Waals surface area contributed by atoms with E-state index in [1.807, 2.05) is 0 Å². The molecule has 3 rings (SSSR count). The minimum atomic E-state index is -1.90. The molecule has 0 aromatic rings. The van der Waals surface area contributed by atoms with Crippen LogP contribution in [0.3, 0.4) is 0 Å². The quantitative estimate of drug-likeness (QED) is 0.234. The molecule has 27 heavy (non-hydrogen) atoms. The number of rotatable bonds is 5. The van der Waals surface area contributed by atoms with Crippen LogP contribution < -0.4 is 0 Å². The van der Waals surface area contributed by atoms with Gasteiger partial charge in [-0.25, -0.2) is 4.79 Å². The van der Waals surface area contributed by atoms with Gasteiger partial charge >= 0.3 is 5.97 Å². The van der Waals surface area contributed by atoms with Crippen LogP contribution >= 0.6 is 0 Å². The van der Waals surface area contributed by atoms with Crippen LogP contribution in [0.15, 0.2) is 23.5 Å². The fraction of sp³-hybridized carbons (Fsp3) is 0.688. The number of carboxylic acid groups (broad SMARTS) is 1.